The second kappa shape index (κ2) is 4.77. The Bertz CT molecular complexity index is 387. The number of ether oxygens (including phenoxy) is 1. The number of anilines is 1. The van der Waals surface area contributed by atoms with Gasteiger partial charge in [-0.15, -0.1) is 0 Å². The highest BCUT2D eigenvalue weighted by Gasteiger charge is 2.19. The summed E-state index contributed by atoms with van der Waals surface area (Å²) in [5.41, 5.74) is 6.08. The smallest absolute Gasteiger partial charge is 0.347 e. The van der Waals surface area contributed by atoms with Crippen LogP contribution < -0.4 is 5.73 Å². The van der Waals surface area contributed by atoms with Crippen molar-refractivity contribution in [3.63, 3.8) is 0 Å². The molecular weight excluding hydrogens is 230 g/mol. The average Bonchev–Trinajstić information content (AvgIpc) is 2.61. The number of hydrogen-bond donors (Lipinski definition) is 2. The Morgan fingerprint density at radius 3 is 2.88 bits per heavy atom. The van der Waals surface area contributed by atoms with Crippen molar-refractivity contribution in [1.82, 2.24) is 9.88 Å². The number of nitrogen functional groups attached to an aromatic ring is 1. The SMILES string of the molecule is Nc1nc(CN2CCOCC2)c(C(=O)O)s1. The van der Waals surface area contributed by atoms with E-state index in [4.69, 9.17) is 15.6 Å². The van der Waals surface area contributed by atoms with E-state index in [1.54, 1.807) is 0 Å². The third kappa shape index (κ3) is 2.49. The maximum absolute atomic E-state index is 10.9. The lowest BCUT2D eigenvalue weighted by Gasteiger charge is -2.25. The van der Waals surface area contributed by atoms with Crippen LogP contribution in [0.15, 0.2) is 0 Å². The van der Waals surface area contributed by atoms with Gasteiger partial charge in [0, 0.05) is 19.6 Å². The Morgan fingerprint density at radius 2 is 2.25 bits per heavy atom. The van der Waals surface area contributed by atoms with E-state index in [0.717, 1.165) is 24.4 Å². The summed E-state index contributed by atoms with van der Waals surface area (Å²) in [5, 5.41) is 9.29. The summed E-state index contributed by atoms with van der Waals surface area (Å²) in [6.07, 6.45) is 0. The van der Waals surface area contributed by atoms with E-state index in [9.17, 15) is 4.79 Å². The lowest BCUT2D eigenvalue weighted by molar-refractivity contribution is 0.0335. The summed E-state index contributed by atoms with van der Waals surface area (Å²) in [6.45, 7) is 3.50. The molecule has 6 nitrogen and oxygen atoms in total. The zero-order valence-electron chi connectivity index (χ0n) is 8.68. The Labute approximate surface area is 96.6 Å². The van der Waals surface area contributed by atoms with Crippen molar-refractivity contribution < 1.29 is 14.6 Å². The first-order valence-corrected chi connectivity index (χ1v) is 5.77. The van der Waals surface area contributed by atoms with Gasteiger partial charge in [0.15, 0.2) is 5.13 Å². The molecule has 1 aromatic rings. The second-order valence-electron chi connectivity index (χ2n) is 3.52. The van der Waals surface area contributed by atoms with Gasteiger partial charge >= 0.3 is 5.97 Å². The summed E-state index contributed by atoms with van der Waals surface area (Å²) >= 11 is 1.02. The summed E-state index contributed by atoms with van der Waals surface area (Å²) in [7, 11) is 0. The van der Waals surface area contributed by atoms with Gasteiger partial charge < -0.3 is 15.6 Å². The van der Waals surface area contributed by atoms with Gasteiger partial charge in [0.05, 0.1) is 18.9 Å². The monoisotopic (exact) mass is 243 g/mol. The summed E-state index contributed by atoms with van der Waals surface area (Å²) in [5.74, 6) is -0.961. The van der Waals surface area contributed by atoms with Crippen LogP contribution in [0.1, 0.15) is 15.4 Å². The maximum Gasteiger partial charge on any atom is 0.347 e. The van der Waals surface area contributed by atoms with Crippen LogP contribution in [0, 0.1) is 0 Å². The normalized spacial score (nSPS) is 17.5. The molecule has 1 aliphatic rings. The lowest BCUT2D eigenvalue weighted by atomic mass is 10.3. The zero-order chi connectivity index (χ0) is 11.5. The van der Waals surface area contributed by atoms with Gasteiger partial charge in [-0.1, -0.05) is 11.3 Å². The number of hydrogen-bond acceptors (Lipinski definition) is 6. The number of carboxylic acid groups (broad SMARTS) is 1. The van der Waals surface area contributed by atoms with Crippen molar-refractivity contribution in [2.24, 2.45) is 0 Å². The highest BCUT2D eigenvalue weighted by Crippen LogP contribution is 2.22. The molecule has 1 aromatic heterocycles. The third-order valence-corrected chi connectivity index (χ3v) is 3.30. The largest absolute Gasteiger partial charge is 0.477 e. The van der Waals surface area contributed by atoms with E-state index >= 15 is 0 Å². The van der Waals surface area contributed by atoms with Crippen molar-refractivity contribution in [2.75, 3.05) is 32.0 Å². The molecular formula is C9H13N3O3S. The molecule has 2 heterocycles. The minimum atomic E-state index is -0.961. The molecule has 0 bridgehead atoms. The first-order chi connectivity index (χ1) is 7.66. The van der Waals surface area contributed by atoms with E-state index < -0.39 is 5.97 Å². The van der Waals surface area contributed by atoms with Crippen LogP contribution in [0.2, 0.25) is 0 Å². The molecule has 0 aromatic carbocycles. The number of aromatic nitrogens is 1. The van der Waals surface area contributed by atoms with Crippen molar-refractivity contribution >= 4 is 22.4 Å². The van der Waals surface area contributed by atoms with Gasteiger partial charge in [-0.25, -0.2) is 9.78 Å². The topological polar surface area (TPSA) is 88.7 Å². The zero-order valence-corrected chi connectivity index (χ0v) is 9.50. The molecule has 7 heteroatoms. The molecule has 0 spiro atoms. The van der Waals surface area contributed by atoms with Gasteiger partial charge in [0.2, 0.25) is 0 Å². The van der Waals surface area contributed by atoms with Crippen LogP contribution in [-0.4, -0.2) is 47.3 Å². The lowest BCUT2D eigenvalue weighted by Crippen LogP contribution is -2.36. The molecule has 3 N–H and O–H groups in total. The highest BCUT2D eigenvalue weighted by molar-refractivity contribution is 7.17. The fourth-order valence-corrected chi connectivity index (χ4v) is 2.30. The van der Waals surface area contributed by atoms with Gasteiger partial charge in [-0.2, -0.15) is 0 Å². The van der Waals surface area contributed by atoms with E-state index in [0.29, 0.717) is 30.6 Å². The Kier molecular flexibility index (Phi) is 3.37. The molecule has 88 valence electrons. The molecule has 16 heavy (non-hydrogen) atoms. The number of carbonyl (C=O) groups is 1. The number of thiazole rings is 1. The Balaban J connectivity index is 2.10. The number of carboxylic acids is 1. The number of nitrogens with zero attached hydrogens (tertiary/aromatic N) is 2. The Morgan fingerprint density at radius 1 is 1.56 bits per heavy atom. The standard InChI is InChI=1S/C9H13N3O3S/c10-9-11-6(7(16-9)8(13)14)5-12-1-3-15-4-2-12/h1-5H2,(H2,10,11)(H,13,14). The van der Waals surface area contributed by atoms with Crippen LogP contribution in [0.3, 0.4) is 0 Å². The number of morpholine rings is 1. The van der Waals surface area contributed by atoms with E-state index in [1.807, 2.05) is 0 Å². The molecule has 2 rings (SSSR count). The van der Waals surface area contributed by atoms with E-state index in [2.05, 4.69) is 9.88 Å². The molecule has 0 unspecified atom stereocenters. The molecule has 0 saturated carbocycles. The number of aromatic carboxylic acids is 1. The molecule has 0 aliphatic carbocycles. The number of rotatable bonds is 3. The van der Waals surface area contributed by atoms with Crippen molar-refractivity contribution in [2.45, 2.75) is 6.54 Å². The fraction of sp³-hybridized carbons (Fsp3) is 0.556. The van der Waals surface area contributed by atoms with E-state index in [-0.39, 0.29) is 4.88 Å². The van der Waals surface area contributed by atoms with E-state index in [1.165, 1.54) is 0 Å². The first kappa shape index (κ1) is 11.3. The minimum Gasteiger partial charge on any atom is -0.477 e. The summed E-state index contributed by atoms with van der Waals surface area (Å²) in [4.78, 5) is 17.4. The van der Waals surface area contributed by atoms with Gasteiger partial charge in [0.25, 0.3) is 0 Å². The van der Waals surface area contributed by atoms with Crippen molar-refractivity contribution in [3.8, 4) is 0 Å². The maximum atomic E-state index is 10.9. The van der Waals surface area contributed by atoms with Crippen molar-refractivity contribution in [3.05, 3.63) is 10.6 Å². The van der Waals surface area contributed by atoms with Crippen molar-refractivity contribution in [1.29, 1.82) is 0 Å². The molecule has 1 fully saturated rings. The predicted octanol–water partition coefficient (Wildman–Crippen LogP) is 0.256. The predicted molar refractivity (Wildman–Crippen MR) is 59.6 cm³/mol. The van der Waals surface area contributed by atoms with Crippen LogP contribution in [-0.2, 0) is 11.3 Å². The number of nitrogens with two attached hydrogens (primary N) is 1. The van der Waals surface area contributed by atoms with Crippen LogP contribution >= 0.6 is 11.3 Å². The highest BCUT2D eigenvalue weighted by atomic mass is 32.1. The minimum absolute atomic E-state index is 0.240. The van der Waals surface area contributed by atoms with Gasteiger partial charge in [0.1, 0.15) is 4.88 Å². The molecule has 0 amide bonds. The van der Waals surface area contributed by atoms with Gasteiger partial charge in [-0.3, -0.25) is 4.90 Å². The first-order valence-electron chi connectivity index (χ1n) is 4.95. The molecule has 1 saturated heterocycles. The summed E-state index contributed by atoms with van der Waals surface area (Å²) < 4.78 is 5.22. The van der Waals surface area contributed by atoms with Crippen LogP contribution in [0.25, 0.3) is 0 Å². The fourth-order valence-electron chi connectivity index (χ4n) is 1.62. The third-order valence-electron chi connectivity index (χ3n) is 2.39. The van der Waals surface area contributed by atoms with Gasteiger partial charge in [-0.05, 0) is 0 Å². The molecule has 0 atom stereocenters. The average molecular weight is 243 g/mol. The van der Waals surface area contributed by atoms with Crippen LogP contribution in [0.5, 0.6) is 0 Å². The molecule has 0 radical (unpaired) electrons. The summed E-state index contributed by atoms with van der Waals surface area (Å²) in [6, 6.07) is 0. The second-order valence-corrected chi connectivity index (χ2v) is 4.55. The molecule has 1 aliphatic heterocycles. The van der Waals surface area contributed by atoms with Crippen LogP contribution in [0.4, 0.5) is 5.13 Å². The Hall–Kier alpha value is -1.18. The quantitative estimate of drug-likeness (QED) is 0.791.